The Morgan fingerprint density at radius 3 is 2.71 bits per heavy atom. The van der Waals surface area contributed by atoms with E-state index in [-0.39, 0.29) is 23.7 Å². The second-order valence-corrected chi connectivity index (χ2v) is 6.40. The van der Waals surface area contributed by atoms with Crippen LogP contribution in [0.25, 0.3) is 0 Å². The lowest BCUT2D eigenvalue weighted by atomic mass is 10.2. The van der Waals surface area contributed by atoms with E-state index in [9.17, 15) is 19.3 Å². The minimum atomic E-state index is -0.772. The molecule has 0 aliphatic rings. The minimum Gasteiger partial charge on any atom is -0.307 e. The molecule has 1 N–H and O–H groups in total. The molecule has 1 atom stereocenters. The first-order valence-electron chi connectivity index (χ1n) is 8.55. The molecule has 1 aromatic carbocycles. The molecule has 1 unspecified atom stereocenters. The van der Waals surface area contributed by atoms with Crippen molar-refractivity contribution in [3.05, 3.63) is 69.4 Å². The lowest BCUT2D eigenvalue weighted by Gasteiger charge is -2.12. The highest BCUT2D eigenvalue weighted by Gasteiger charge is 2.24. The standard InChI is InChI=1S/C18H19FN6O3/c1-11-8-17(22-23(11)10-14-6-4-5-7-15(14)19)21-18(26)13(3)24-12(2)16(9-20-24)25(27)28/h4-9,13H,10H2,1-3H3,(H,21,22,26). The molecule has 0 bridgehead atoms. The molecule has 2 heterocycles. The van der Waals surface area contributed by atoms with Gasteiger partial charge in [0.25, 0.3) is 0 Å². The molecular weight excluding hydrogens is 367 g/mol. The van der Waals surface area contributed by atoms with Gasteiger partial charge in [-0.05, 0) is 26.8 Å². The highest BCUT2D eigenvalue weighted by atomic mass is 19.1. The molecule has 28 heavy (non-hydrogen) atoms. The number of amides is 1. The number of hydrogen-bond donors (Lipinski definition) is 1. The van der Waals surface area contributed by atoms with Gasteiger partial charge in [0, 0.05) is 17.3 Å². The molecule has 0 spiro atoms. The van der Waals surface area contributed by atoms with Crippen molar-refractivity contribution < 1.29 is 14.1 Å². The molecular formula is C18H19FN6O3. The van der Waals surface area contributed by atoms with E-state index in [4.69, 9.17) is 0 Å². The summed E-state index contributed by atoms with van der Waals surface area (Å²) in [7, 11) is 0. The topological polar surface area (TPSA) is 108 Å². The fourth-order valence-corrected chi connectivity index (χ4v) is 2.85. The van der Waals surface area contributed by atoms with Gasteiger partial charge in [0.15, 0.2) is 5.82 Å². The summed E-state index contributed by atoms with van der Waals surface area (Å²) in [6.07, 6.45) is 1.12. The van der Waals surface area contributed by atoms with Crippen LogP contribution >= 0.6 is 0 Å². The SMILES string of the molecule is Cc1cc(NC(=O)C(C)n2ncc([N+](=O)[O-])c2C)nn1Cc1ccccc1F. The molecule has 0 aliphatic heterocycles. The summed E-state index contributed by atoms with van der Waals surface area (Å²) in [6.45, 7) is 5.15. The molecule has 1 amide bonds. The summed E-state index contributed by atoms with van der Waals surface area (Å²) in [5.74, 6) is -0.436. The first-order valence-corrected chi connectivity index (χ1v) is 8.55. The van der Waals surface area contributed by atoms with Gasteiger partial charge >= 0.3 is 5.69 Å². The monoisotopic (exact) mass is 386 g/mol. The second kappa shape index (κ2) is 7.59. The van der Waals surface area contributed by atoms with Gasteiger partial charge in [0.2, 0.25) is 5.91 Å². The van der Waals surface area contributed by atoms with Crippen LogP contribution < -0.4 is 5.32 Å². The van der Waals surface area contributed by atoms with E-state index in [0.29, 0.717) is 11.4 Å². The van der Waals surface area contributed by atoms with Crippen LogP contribution in [0.15, 0.2) is 36.5 Å². The first-order chi connectivity index (χ1) is 13.3. The van der Waals surface area contributed by atoms with Crippen molar-refractivity contribution in [3.63, 3.8) is 0 Å². The first kappa shape index (κ1) is 19.2. The summed E-state index contributed by atoms with van der Waals surface area (Å²) in [6, 6.07) is 7.31. The van der Waals surface area contributed by atoms with Crippen LogP contribution in [0.4, 0.5) is 15.9 Å². The predicted octanol–water partition coefficient (Wildman–Crippen LogP) is 2.99. The Morgan fingerprint density at radius 2 is 2.07 bits per heavy atom. The van der Waals surface area contributed by atoms with Gasteiger partial charge in [-0.2, -0.15) is 10.2 Å². The van der Waals surface area contributed by atoms with Gasteiger partial charge in [-0.1, -0.05) is 18.2 Å². The van der Waals surface area contributed by atoms with Crippen molar-refractivity contribution in [1.29, 1.82) is 0 Å². The number of aromatic nitrogens is 4. The summed E-state index contributed by atoms with van der Waals surface area (Å²) < 4.78 is 16.7. The van der Waals surface area contributed by atoms with Crippen molar-refractivity contribution in [2.24, 2.45) is 0 Å². The summed E-state index contributed by atoms with van der Waals surface area (Å²) >= 11 is 0. The van der Waals surface area contributed by atoms with Crippen molar-refractivity contribution in [2.75, 3.05) is 5.32 Å². The fraction of sp³-hybridized carbons (Fsp3) is 0.278. The third-order valence-electron chi connectivity index (χ3n) is 4.47. The lowest BCUT2D eigenvalue weighted by molar-refractivity contribution is -0.385. The average Bonchev–Trinajstić information content (AvgIpc) is 3.19. The molecule has 0 saturated heterocycles. The Bertz CT molecular complexity index is 1040. The Morgan fingerprint density at radius 1 is 1.36 bits per heavy atom. The molecule has 0 radical (unpaired) electrons. The fourth-order valence-electron chi connectivity index (χ4n) is 2.85. The van der Waals surface area contributed by atoms with Crippen molar-refractivity contribution in [2.45, 2.75) is 33.4 Å². The number of rotatable bonds is 6. The number of nitro groups is 1. The number of anilines is 1. The normalized spacial score (nSPS) is 12.0. The van der Waals surface area contributed by atoms with Gasteiger partial charge < -0.3 is 5.32 Å². The van der Waals surface area contributed by atoms with E-state index in [1.807, 2.05) is 0 Å². The Hall–Kier alpha value is -3.56. The van der Waals surface area contributed by atoms with Crippen LogP contribution in [0.5, 0.6) is 0 Å². The van der Waals surface area contributed by atoms with E-state index in [1.165, 1.54) is 17.7 Å². The molecule has 3 rings (SSSR count). The maximum atomic E-state index is 13.8. The highest BCUT2D eigenvalue weighted by Crippen LogP contribution is 2.21. The van der Waals surface area contributed by atoms with E-state index < -0.39 is 16.9 Å². The highest BCUT2D eigenvalue weighted by molar-refractivity contribution is 5.92. The molecule has 9 nitrogen and oxygen atoms in total. The lowest BCUT2D eigenvalue weighted by Crippen LogP contribution is -2.25. The largest absolute Gasteiger partial charge is 0.309 e. The maximum absolute atomic E-state index is 13.8. The number of carbonyl (C=O) groups excluding carboxylic acids is 1. The Labute approximate surface area is 159 Å². The van der Waals surface area contributed by atoms with E-state index in [1.54, 1.807) is 42.8 Å². The van der Waals surface area contributed by atoms with Crippen LogP contribution in [0, 0.1) is 29.8 Å². The molecule has 146 valence electrons. The van der Waals surface area contributed by atoms with Crippen LogP contribution in [-0.2, 0) is 11.3 Å². The zero-order chi connectivity index (χ0) is 20.4. The zero-order valence-corrected chi connectivity index (χ0v) is 15.6. The number of benzene rings is 1. The molecule has 10 heteroatoms. The Balaban J connectivity index is 1.74. The number of hydrogen-bond acceptors (Lipinski definition) is 5. The number of nitrogens with one attached hydrogen (secondary N) is 1. The van der Waals surface area contributed by atoms with Crippen LogP contribution in [0.1, 0.15) is 29.9 Å². The molecule has 0 fully saturated rings. The van der Waals surface area contributed by atoms with Crippen LogP contribution in [0.2, 0.25) is 0 Å². The van der Waals surface area contributed by atoms with E-state index >= 15 is 0 Å². The third-order valence-corrected chi connectivity index (χ3v) is 4.47. The summed E-state index contributed by atoms with van der Waals surface area (Å²) in [5.41, 5.74) is 1.37. The Kier molecular flexibility index (Phi) is 5.21. The van der Waals surface area contributed by atoms with E-state index in [0.717, 1.165) is 11.9 Å². The minimum absolute atomic E-state index is 0.148. The second-order valence-electron chi connectivity index (χ2n) is 6.40. The third kappa shape index (κ3) is 3.75. The average molecular weight is 386 g/mol. The van der Waals surface area contributed by atoms with Crippen molar-refractivity contribution in [1.82, 2.24) is 19.6 Å². The number of carbonyl (C=O) groups is 1. The molecule has 3 aromatic rings. The molecule has 0 aliphatic carbocycles. The van der Waals surface area contributed by atoms with Gasteiger partial charge in [-0.25, -0.2) is 4.39 Å². The molecule has 0 saturated carbocycles. The van der Waals surface area contributed by atoms with Crippen LogP contribution in [-0.4, -0.2) is 30.4 Å². The van der Waals surface area contributed by atoms with Gasteiger partial charge in [0.1, 0.15) is 23.7 Å². The molecule has 2 aromatic heterocycles. The van der Waals surface area contributed by atoms with Crippen molar-refractivity contribution in [3.8, 4) is 0 Å². The number of halogens is 1. The maximum Gasteiger partial charge on any atom is 0.309 e. The van der Waals surface area contributed by atoms with Gasteiger partial charge in [-0.3, -0.25) is 24.3 Å². The summed E-state index contributed by atoms with van der Waals surface area (Å²) in [4.78, 5) is 22.9. The van der Waals surface area contributed by atoms with Crippen LogP contribution in [0.3, 0.4) is 0 Å². The quantitative estimate of drug-likeness (QED) is 0.517. The smallest absolute Gasteiger partial charge is 0.307 e. The van der Waals surface area contributed by atoms with E-state index in [2.05, 4.69) is 15.5 Å². The van der Waals surface area contributed by atoms with Gasteiger partial charge in [-0.15, -0.1) is 0 Å². The summed E-state index contributed by atoms with van der Waals surface area (Å²) in [5, 5.41) is 21.9. The van der Waals surface area contributed by atoms with Gasteiger partial charge in [0.05, 0.1) is 11.5 Å². The predicted molar refractivity (Wildman–Crippen MR) is 99.4 cm³/mol. The number of aryl methyl sites for hydroxylation is 1. The zero-order valence-electron chi connectivity index (χ0n) is 15.6. The number of nitrogens with zero attached hydrogens (tertiary/aromatic N) is 5. The van der Waals surface area contributed by atoms with Crippen molar-refractivity contribution >= 4 is 17.4 Å².